The van der Waals surface area contributed by atoms with Crippen molar-refractivity contribution in [2.75, 3.05) is 30.9 Å². The van der Waals surface area contributed by atoms with Crippen LogP contribution in [-0.2, 0) is 6.54 Å². The maximum Gasteiger partial charge on any atom is 0.573 e. The van der Waals surface area contributed by atoms with Crippen molar-refractivity contribution in [3.8, 4) is 5.75 Å². The zero-order valence-electron chi connectivity index (χ0n) is 17.2. The monoisotopic (exact) mass is 423 g/mol. The molecular formula is C21H28F3N5O. The van der Waals surface area contributed by atoms with Crippen molar-refractivity contribution in [3.63, 3.8) is 0 Å². The van der Waals surface area contributed by atoms with Crippen LogP contribution in [0, 0.1) is 5.92 Å². The maximum absolute atomic E-state index is 12.5. The number of anilines is 2. The number of aromatic nitrogens is 2. The number of hydrogen-bond donors (Lipinski definition) is 2. The van der Waals surface area contributed by atoms with Crippen LogP contribution in [0.3, 0.4) is 0 Å². The van der Waals surface area contributed by atoms with E-state index in [4.69, 9.17) is 0 Å². The summed E-state index contributed by atoms with van der Waals surface area (Å²) in [5.41, 5.74) is 0.503. The lowest BCUT2D eigenvalue weighted by atomic mass is 9.86. The van der Waals surface area contributed by atoms with Crippen LogP contribution in [0.2, 0.25) is 0 Å². The van der Waals surface area contributed by atoms with Gasteiger partial charge in [0.05, 0.1) is 0 Å². The Morgan fingerprint density at radius 2 is 1.83 bits per heavy atom. The first-order valence-electron chi connectivity index (χ1n) is 10.1. The number of nitrogens with one attached hydrogen (secondary N) is 2. The summed E-state index contributed by atoms with van der Waals surface area (Å²) >= 11 is 0. The predicted octanol–water partition coefficient (Wildman–Crippen LogP) is 4.20. The number of ether oxygens (including phenoxy) is 1. The molecule has 9 heteroatoms. The van der Waals surface area contributed by atoms with Crippen molar-refractivity contribution in [2.45, 2.75) is 44.6 Å². The molecule has 0 saturated heterocycles. The normalized spacial score (nSPS) is 19.4. The first-order chi connectivity index (χ1) is 14.3. The lowest BCUT2D eigenvalue weighted by Crippen LogP contribution is -2.31. The molecule has 0 radical (unpaired) electrons. The van der Waals surface area contributed by atoms with Crippen LogP contribution in [0.15, 0.2) is 36.5 Å². The van der Waals surface area contributed by atoms with Crippen LogP contribution < -0.4 is 20.3 Å². The van der Waals surface area contributed by atoms with E-state index in [2.05, 4.69) is 25.3 Å². The summed E-state index contributed by atoms with van der Waals surface area (Å²) in [5, 5.41) is 6.70. The molecule has 6 nitrogen and oxygen atoms in total. The highest BCUT2D eigenvalue weighted by Gasteiger charge is 2.32. The molecule has 2 aromatic rings. The second-order valence-electron chi connectivity index (χ2n) is 7.78. The predicted molar refractivity (Wildman–Crippen MR) is 111 cm³/mol. The molecule has 0 bridgehead atoms. The SMILES string of the molecule is CN(C)c1ccnc(NC2CCC(CNCc3ccccc3OC(F)(F)F)CC2)n1. The molecule has 30 heavy (non-hydrogen) atoms. The van der Waals surface area contributed by atoms with E-state index in [-0.39, 0.29) is 5.75 Å². The molecule has 0 spiro atoms. The molecule has 1 heterocycles. The average molecular weight is 423 g/mol. The van der Waals surface area contributed by atoms with E-state index in [0.717, 1.165) is 38.0 Å². The number of alkyl halides is 3. The zero-order chi connectivity index (χ0) is 21.6. The largest absolute Gasteiger partial charge is 0.573 e. The Bertz CT molecular complexity index is 807. The van der Waals surface area contributed by atoms with E-state index >= 15 is 0 Å². The van der Waals surface area contributed by atoms with Crippen LogP contribution in [0.4, 0.5) is 24.9 Å². The first kappa shape index (κ1) is 22.1. The molecule has 1 saturated carbocycles. The summed E-state index contributed by atoms with van der Waals surface area (Å²) in [6.07, 6.45) is 1.17. The van der Waals surface area contributed by atoms with E-state index in [1.807, 2.05) is 25.1 Å². The summed E-state index contributed by atoms with van der Waals surface area (Å²) < 4.78 is 41.7. The van der Waals surface area contributed by atoms with Crippen LogP contribution in [-0.4, -0.2) is 43.0 Å². The van der Waals surface area contributed by atoms with E-state index in [1.165, 1.54) is 12.1 Å². The maximum atomic E-state index is 12.5. The Labute approximate surface area is 174 Å². The smallest absolute Gasteiger partial charge is 0.405 e. The minimum atomic E-state index is -4.68. The third-order valence-corrected chi connectivity index (χ3v) is 5.23. The zero-order valence-corrected chi connectivity index (χ0v) is 17.2. The molecule has 3 rings (SSSR count). The molecule has 1 aromatic carbocycles. The van der Waals surface area contributed by atoms with Gasteiger partial charge in [-0.05, 0) is 50.3 Å². The van der Waals surface area contributed by atoms with Crippen molar-refractivity contribution in [1.29, 1.82) is 0 Å². The summed E-state index contributed by atoms with van der Waals surface area (Å²) in [5.74, 6) is 1.85. The standard InChI is InChI=1S/C21H28F3N5O/c1-29(2)19-11-12-26-20(28-19)27-17-9-7-15(8-10-17)13-25-14-16-5-3-4-6-18(16)30-21(22,23)24/h3-6,11-12,15,17,25H,7-10,13-14H2,1-2H3,(H,26,27,28). The Balaban J connectivity index is 1.42. The Morgan fingerprint density at radius 1 is 1.10 bits per heavy atom. The third kappa shape index (κ3) is 6.76. The number of rotatable bonds is 8. The molecule has 164 valence electrons. The Hall–Kier alpha value is -2.55. The van der Waals surface area contributed by atoms with Gasteiger partial charge in [-0.25, -0.2) is 4.98 Å². The second-order valence-corrected chi connectivity index (χ2v) is 7.78. The number of nitrogens with zero attached hydrogens (tertiary/aromatic N) is 3. The number of benzene rings is 1. The first-order valence-corrected chi connectivity index (χ1v) is 10.1. The van der Waals surface area contributed by atoms with Gasteiger partial charge in [0.1, 0.15) is 11.6 Å². The number of para-hydroxylation sites is 1. The van der Waals surface area contributed by atoms with Gasteiger partial charge in [0.2, 0.25) is 5.95 Å². The molecule has 1 fully saturated rings. The van der Waals surface area contributed by atoms with E-state index in [9.17, 15) is 13.2 Å². The lowest BCUT2D eigenvalue weighted by Gasteiger charge is -2.29. The number of halogens is 3. The van der Waals surface area contributed by atoms with E-state index < -0.39 is 6.36 Å². The summed E-state index contributed by atoms with van der Waals surface area (Å²) in [4.78, 5) is 10.7. The lowest BCUT2D eigenvalue weighted by molar-refractivity contribution is -0.274. The summed E-state index contributed by atoms with van der Waals surface area (Å²) in [6, 6.07) is 8.44. The van der Waals surface area contributed by atoms with Gasteiger partial charge in [-0.2, -0.15) is 4.98 Å². The van der Waals surface area contributed by atoms with Crippen molar-refractivity contribution >= 4 is 11.8 Å². The van der Waals surface area contributed by atoms with Gasteiger partial charge in [-0.1, -0.05) is 18.2 Å². The van der Waals surface area contributed by atoms with Gasteiger partial charge in [0.15, 0.2) is 0 Å². The van der Waals surface area contributed by atoms with Gasteiger partial charge in [0, 0.05) is 38.4 Å². The van der Waals surface area contributed by atoms with Gasteiger partial charge in [0.25, 0.3) is 0 Å². The topological polar surface area (TPSA) is 62.3 Å². The van der Waals surface area contributed by atoms with Gasteiger partial charge < -0.3 is 20.3 Å². The molecule has 1 aliphatic carbocycles. The van der Waals surface area contributed by atoms with Gasteiger partial charge in [-0.3, -0.25) is 0 Å². The number of hydrogen-bond acceptors (Lipinski definition) is 6. The van der Waals surface area contributed by atoms with Crippen molar-refractivity contribution in [2.24, 2.45) is 5.92 Å². The summed E-state index contributed by atoms with van der Waals surface area (Å²) in [7, 11) is 3.88. The summed E-state index contributed by atoms with van der Waals surface area (Å²) in [6.45, 7) is 1.11. The fraction of sp³-hybridized carbons (Fsp3) is 0.524. The average Bonchev–Trinajstić information content (AvgIpc) is 2.70. The molecule has 1 aromatic heterocycles. The Morgan fingerprint density at radius 3 is 2.53 bits per heavy atom. The molecule has 1 aliphatic rings. The fourth-order valence-corrected chi connectivity index (χ4v) is 3.65. The molecule has 0 unspecified atom stereocenters. The van der Waals surface area contributed by atoms with E-state index in [0.29, 0.717) is 30.0 Å². The molecule has 0 amide bonds. The molecule has 2 N–H and O–H groups in total. The van der Waals surface area contributed by atoms with Crippen LogP contribution >= 0.6 is 0 Å². The van der Waals surface area contributed by atoms with Crippen LogP contribution in [0.25, 0.3) is 0 Å². The fourth-order valence-electron chi connectivity index (χ4n) is 3.65. The second kappa shape index (κ2) is 9.97. The van der Waals surface area contributed by atoms with Crippen LogP contribution in [0.1, 0.15) is 31.2 Å². The minimum Gasteiger partial charge on any atom is -0.405 e. The highest BCUT2D eigenvalue weighted by atomic mass is 19.4. The van der Waals surface area contributed by atoms with Crippen molar-refractivity contribution < 1.29 is 17.9 Å². The van der Waals surface area contributed by atoms with Crippen LogP contribution in [0.5, 0.6) is 5.75 Å². The van der Waals surface area contributed by atoms with E-state index in [1.54, 1.807) is 18.3 Å². The Kier molecular flexibility index (Phi) is 7.36. The van der Waals surface area contributed by atoms with Crippen molar-refractivity contribution in [1.82, 2.24) is 15.3 Å². The highest BCUT2D eigenvalue weighted by molar-refractivity contribution is 5.41. The molecule has 0 atom stereocenters. The minimum absolute atomic E-state index is 0.148. The third-order valence-electron chi connectivity index (χ3n) is 5.23. The van der Waals surface area contributed by atoms with Gasteiger partial charge >= 0.3 is 6.36 Å². The molecule has 0 aliphatic heterocycles. The quantitative estimate of drug-likeness (QED) is 0.664. The van der Waals surface area contributed by atoms with Crippen molar-refractivity contribution in [3.05, 3.63) is 42.1 Å². The molecular weight excluding hydrogens is 395 g/mol. The van der Waals surface area contributed by atoms with Gasteiger partial charge in [-0.15, -0.1) is 13.2 Å². The highest BCUT2D eigenvalue weighted by Crippen LogP contribution is 2.28.